The Morgan fingerprint density at radius 2 is 1.95 bits per heavy atom. The molecule has 0 aliphatic heterocycles. The first-order valence-corrected chi connectivity index (χ1v) is 7.16. The number of nitrogens with two attached hydrogens (primary N) is 1. The summed E-state index contributed by atoms with van der Waals surface area (Å²) >= 11 is 0. The fraction of sp³-hybridized carbons (Fsp3) is 0.400. The van der Waals surface area contributed by atoms with Gasteiger partial charge in [-0.15, -0.1) is 10.2 Å². The fourth-order valence-corrected chi connectivity index (χ4v) is 2.18. The van der Waals surface area contributed by atoms with Crippen LogP contribution in [0, 0.1) is 0 Å². The summed E-state index contributed by atoms with van der Waals surface area (Å²) in [5.74, 6) is 1.17. The van der Waals surface area contributed by atoms with Crippen molar-refractivity contribution in [1.29, 1.82) is 0 Å². The van der Waals surface area contributed by atoms with Gasteiger partial charge in [0.15, 0.2) is 11.8 Å². The molecule has 0 radical (unpaired) electrons. The van der Waals surface area contributed by atoms with Gasteiger partial charge in [-0.25, -0.2) is 4.99 Å². The highest BCUT2D eigenvalue weighted by Crippen LogP contribution is 2.22. The highest BCUT2D eigenvalue weighted by atomic mass is 15.3. The number of aliphatic imine (C=N–C) groups is 1. The summed E-state index contributed by atoms with van der Waals surface area (Å²) in [6.07, 6.45) is 3.55. The predicted molar refractivity (Wildman–Crippen MR) is 85.2 cm³/mol. The fourth-order valence-electron chi connectivity index (χ4n) is 2.18. The Balaban J connectivity index is 2.15. The van der Waals surface area contributed by atoms with Gasteiger partial charge in [-0.1, -0.05) is 32.0 Å². The average Bonchev–Trinajstić information content (AvgIpc) is 2.90. The molecule has 112 valence electrons. The van der Waals surface area contributed by atoms with Crippen LogP contribution in [0.15, 0.2) is 29.5 Å². The van der Waals surface area contributed by atoms with Crippen LogP contribution in [0.5, 0.6) is 0 Å². The van der Waals surface area contributed by atoms with E-state index in [1.54, 1.807) is 6.33 Å². The third-order valence-corrected chi connectivity index (χ3v) is 3.45. The topological polar surface area (TPSA) is 81.1 Å². The van der Waals surface area contributed by atoms with Gasteiger partial charge >= 0.3 is 0 Å². The molecule has 1 heterocycles. The third kappa shape index (κ3) is 3.59. The zero-order chi connectivity index (χ0) is 15.2. The lowest BCUT2D eigenvalue weighted by Gasteiger charge is -2.14. The van der Waals surface area contributed by atoms with Crippen molar-refractivity contribution < 1.29 is 0 Å². The first-order valence-electron chi connectivity index (χ1n) is 7.16. The number of nitrogens with one attached hydrogen (secondary N) is 1. The molecule has 6 heteroatoms. The summed E-state index contributed by atoms with van der Waals surface area (Å²) in [7, 11) is 1.88. The van der Waals surface area contributed by atoms with E-state index >= 15 is 0 Å². The summed E-state index contributed by atoms with van der Waals surface area (Å²) in [4.78, 5) is 4.33. The smallest absolute Gasteiger partial charge is 0.193 e. The molecule has 0 saturated heterocycles. The SMILES string of the molecule is CCc1cccc(CC)c1NC(N)=NCc1nncn1C. The molecule has 0 aliphatic carbocycles. The maximum absolute atomic E-state index is 6.00. The van der Waals surface area contributed by atoms with Gasteiger partial charge in [0.05, 0.1) is 0 Å². The number of hydrogen-bond donors (Lipinski definition) is 2. The zero-order valence-corrected chi connectivity index (χ0v) is 12.8. The van der Waals surface area contributed by atoms with Crippen LogP contribution >= 0.6 is 0 Å². The van der Waals surface area contributed by atoms with Crippen LogP contribution in [0.25, 0.3) is 0 Å². The average molecular weight is 286 g/mol. The molecule has 6 nitrogen and oxygen atoms in total. The molecular weight excluding hydrogens is 264 g/mol. The first kappa shape index (κ1) is 15.0. The lowest BCUT2D eigenvalue weighted by molar-refractivity contribution is 0.792. The number of guanidine groups is 1. The van der Waals surface area contributed by atoms with Crippen LogP contribution in [0.3, 0.4) is 0 Å². The van der Waals surface area contributed by atoms with Gasteiger partial charge in [0.1, 0.15) is 12.9 Å². The van der Waals surface area contributed by atoms with Crippen molar-refractivity contribution in [3.63, 3.8) is 0 Å². The Bertz CT molecular complexity index is 607. The number of anilines is 1. The van der Waals surface area contributed by atoms with Crippen LogP contribution in [0.2, 0.25) is 0 Å². The van der Waals surface area contributed by atoms with Crippen LogP contribution in [0.4, 0.5) is 5.69 Å². The van der Waals surface area contributed by atoms with E-state index in [-0.39, 0.29) is 0 Å². The van der Waals surface area contributed by atoms with Gasteiger partial charge in [-0.2, -0.15) is 0 Å². The van der Waals surface area contributed by atoms with Gasteiger partial charge in [-0.05, 0) is 24.0 Å². The van der Waals surface area contributed by atoms with Crippen molar-refractivity contribution in [2.75, 3.05) is 5.32 Å². The van der Waals surface area contributed by atoms with Crippen LogP contribution in [0.1, 0.15) is 30.8 Å². The van der Waals surface area contributed by atoms with E-state index in [0.717, 1.165) is 24.4 Å². The maximum Gasteiger partial charge on any atom is 0.193 e. The van der Waals surface area contributed by atoms with E-state index in [4.69, 9.17) is 5.73 Å². The van der Waals surface area contributed by atoms with Gasteiger partial charge < -0.3 is 15.6 Å². The maximum atomic E-state index is 6.00. The minimum atomic E-state index is 0.397. The van der Waals surface area contributed by atoms with Crippen molar-refractivity contribution in [2.45, 2.75) is 33.2 Å². The number of para-hydroxylation sites is 1. The summed E-state index contributed by atoms with van der Waals surface area (Å²) in [6, 6.07) is 6.30. The Morgan fingerprint density at radius 3 is 2.48 bits per heavy atom. The highest BCUT2D eigenvalue weighted by molar-refractivity contribution is 5.93. The summed E-state index contributed by atoms with van der Waals surface area (Å²) in [5.41, 5.74) is 9.56. The molecule has 0 bridgehead atoms. The van der Waals surface area contributed by atoms with E-state index in [0.29, 0.717) is 12.5 Å². The van der Waals surface area contributed by atoms with Crippen LogP contribution < -0.4 is 11.1 Å². The van der Waals surface area contributed by atoms with Gasteiger partial charge in [-0.3, -0.25) is 0 Å². The molecule has 0 amide bonds. The van der Waals surface area contributed by atoms with Crippen LogP contribution in [-0.4, -0.2) is 20.7 Å². The molecule has 3 N–H and O–H groups in total. The van der Waals surface area contributed by atoms with E-state index < -0.39 is 0 Å². The largest absolute Gasteiger partial charge is 0.370 e. The Labute approximate surface area is 125 Å². The summed E-state index contributed by atoms with van der Waals surface area (Å²) in [5, 5.41) is 11.0. The molecule has 21 heavy (non-hydrogen) atoms. The molecule has 1 aromatic carbocycles. The molecule has 0 aliphatic rings. The normalized spacial score (nSPS) is 11.7. The van der Waals surface area contributed by atoms with Crippen molar-refractivity contribution >= 4 is 11.6 Å². The molecule has 0 fully saturated rings. The molecule has 0 saturated carbocycles. The first-order chi connectivity index (χ1) is 10.2. The molecule has 0 atom stereocenters. The monoisotopic (exact) mass is 286 g/mol. The molecule has 1 aromatic heterocycles. The number of benzene rings is 1. The van der Waals surface area contributed by atoms with E-state index in [1.165, 1.54) is 11.1 Å². The Hall–Kier alpha value is -2.37. The summed E-state index contributed by atoms with van der Waals surface area (Å²) in [6.45, 7) is 4.67. The number of aromatic nitrogens is 3. The van der Waals surface area contributed by atoms with Gasteiger partial charge in [0.25, 0.3) is 0 Å². The second-order valence-corrected chi connectivity index (χ2v) is 4.84. The second kappa shape index (κ2) is 6.88. The lowest BCUT2D eigenvalue weighted by Crippen LogP contribution is -2.24. The quantitative estimate of drug-likeness (QED) is 0.649. The number of nitrogens with zero attached hydrogens (tertiary/aromatic N) is 4. The lowest BCUT2D eigenvalue weighted by atomic mass is 10.0. The number of rotatable bonds is 5. The van der Waals surface area contributed by atoms with Crippen molar-refractivity contribution in [3.05, 3.63) is 41.5 Å². The molecule has 2 rings (SSSR count). The minimum absolute atomic E-state index is 0.397. The van der Waals surface area contributed by atoms with Crippen molar-refractivity contribution in [3.8, 4) is 0 Å². The molecule has 2 aromatic rings. The van der Waals surface area contributed by atoms with Gasteiger partial charge in [0.2, 0.25) is 0 Å². The predicted octanol–water partition coefficient (Wildman–Crippen LogP) is 1.87. The second-order valence-electron chi connectivity index (χ2n) is 4.84. The minimum Gasteiger partial charge on any atom is -0.370 e. The Morgan fingerprint density at radius 1 is 1.29 bits per heavy atom. The number of hydrogen-bond acceptors (Lipinski definition) is 3. The number of aryl methyl sites for hydroxylation is 3. The molecule has 0 unspecified atom stereocenters. The highest BCUT2D eigenvalue weighted by Gasteiger charge is 2.07. The molecular formula is C15H22N6. The molecule has 0 spiro atoms. The Kier molecular flexibility index (Phi) is 4.92. The van der Waals surface area contributed by atoms with E-state index in [2.05, 4.69) is 52.6 Å². The standard InChI is InChI=1S/C15H22N6/c1-4-11-7-6-8-12(5-2)14(11)19-15(16)17-9-13-20-18-10-21(13)3/h6-8,10H,4-5,9H2,1-3H3,(H3,16,17,19). The third-order valence-electron chi connectivity index (χ3n) is 3.45. The van der Waals surface area contributed by atoms with E-state index in [9.17, 15) is 0 Å². The summed E-state index contributed by atoms with van der Waals surface area (Å²) < 4.78 is 1.83. The van der Waals surface area contributed by atoms with Gasteiger partial charge in [0, 0.05) is 12.7 Å². The van der Waals surface area contributed by atoms with Crippen LogP contribution in [-0.2, 0) is 26.4 Å². The zero-order valence-electron chi connectivity index (χ0n) is 12.8. The van der Waals surface area contributed by atoms with Crippen molar-refractivity contribution in [1.82, 2.24) is 14.8 Å². The van der Waals surface area contributed by atoms with Crippen molar-refractivity contribution in [2.24, 2.45) is 17.8 Å². The van der Waals surface area contributed by atoms with E-state index in [1.807, 2.05) is 11.6 Å².